The summed E-state index contributed by atoms with van der Waals surface area (Å²) < 4.78 is 0. The van der Waals surface area contributed by atoms with E-state index in [2.05, 4.69) is 6.08 Å². The van der Waals surface area contributed by atoms with Gasteiger partial charge in [0.1, 0.15) is 0 Å². The number of allylic oxidation sites excluding steroid dienone is 5. The number of hydrogen-bond acceptors (Lipinski definition) is 2. The lowest BCUT2D eigenvalue weighted by atomic mass is 10.1. The van der Waals surface area contributed by atoms with Gasteiger partial charge in [0.05, 0.1) is 0 Å². The van der Waals surface area contributed by atoms with Crippen molar-refractivity contribution in [1.29, 1.82) is 0 Å². The van der Waals surface area contributed by atoms with Crippen molar-refractivity contribution >= 4 is 5.97 Å². The van der Waals surface area contributed by atoms with Gasteiger partial charge in [-0.05, 0) is 19.3 Å². The number of rotatable bonds is 16. The summed E-state index contributed by atoms with van der Waals surface area (Å²) in [5.74, 6) is -0.916. The van der Waals surface area contributed by atoms with Crippen molar-refractivity contribution in [1.82, 2.24) is 0 Å². The summed E-state index contributed by atoms with van der Waals surface area (Å²) in [6.07, 6.45) is 25.4. The van der Waals surface area contributed by atoms with Gasteiger partial charge < -0.3 is 10.2 Å². The number of carbonyl (C=O) groups is 1. The third kappa shape index (κ3) is 20.6. The van der Waals surface area contributed by atoms with E-state index in [4.69, 9.17) is 10.2 Å². The zero-order valence-electron chi connectivity index (χ0n) is 14.5. The van der Waals surface area contributed by atoms with E-state index in [1.54, 1.807) is 6.08 Å². The second-order valence-corrected chi connectivity index (χ2v) is 5.91. The minimum Gasteiger partial charge on any atom is -0.478 e. The summed E-state index contributed by atoms with van der Waals surface area (Å²) >= 11 is 0. The van der Waals surface area contributed by atoms with E-state index < -0.39 is 5.97 Å². The highest BCUT2D eigenvalue weighted by Gasteiger charge is 1.92. The zero-order valence-corrected chi connectivity index (χ0v) is 14.5. The second-order valence-electron chi connectivity index (χ2n) is 5.91. The first-order valence-corrected chi connectivity index (χ1v) is 9.11. The molecule has 0 saturated carbocycles. The maximum absolute atomic E-state index is 10.2. The standard InChI is InChI=1S/C20H34O3/c21-19-17-15-13-11-9-7-5-3-1-2-4-6-8-10-12-14-16-18-20(22)23/h8,10,12,14,16,18,21H,1-7,9,11,13,15,17,19H2,(H,22,23)/b10-8+,14-12+,18-16+. The molecule has 0 aromatic carbocycles. The molecule has 0 unspecified atom stereocenters. The summed E-state index contributed by atoms with van der Waals surface area (Å²) in [5, 5.41) is 17.1. The van der Waals surface area contributed by atoms with E-state index in [1.807, 2.05) is 12.2 Å². The zero-order chi connectivity index (χ0) is 17.0. The topological polar surface area (TPSA) is 57.5 Å². The quantitative estimate of drug-likeness (QED) is 0.227. The number of carboxylic acid groups (broad SMARTS) is 1. The Morgan fingerprint density at radius 3 is 1.65 bits per heavy atom. The Labute approximate surface area is 141 Å². The summed E-state index contributed by atoms with van der Waals surface area (Å²) in [6, 6.07) is 0. The van der Waals surface area contributed by atoms with Crippen LogP contribution in [0.4, 0.5) is 0 Å². The van der Waals surface area contributed by atoms with Crippen LogP contribution in [0.1, 0.15) is 77.0 Å². The van der Waals surface area contributed by atoms with Crippen molar-refractivity contribution in [2.75, 3.05) is 6.61 Å². The average Bonchev–Trinajstić information content (AvgIpc) is 2.53. The van der Waals surface area contributed by atoms with Gasteiger partial charge in [-0.15, -0.1) is 0 Å². The highest BCUT2D eigenvalue weighted by atomic mass is 16.4. The number of aliphatic hydroxyl groups excluding tert-OH is 1. The van der Waals surface area contributed by atoms with Gasteiger partial charge in [0, 0.05) is 12.7 Å². The Hall–Kier alpha value is -1.35. The molecular formula is C20H34O3. The van der Waals surface area contributed by atoms with Crippen LogP contribution in [0, 0.1) is 0 Å². The van der Waals surface area contributed by atoms with Crippen molar-refractivity contribution in [3.8, 4) is 0 Å². The highest BCUT2D eigenvalue weighted by molar-refractivity contribution is 5.80. The van der Waals surface area contributed by atoms with E-state index >= 15 is 0 Å². The predicted octanol–water partition coefficient (Wildman–Crippen LogP) is 5.41. The largest absolute Gasteiger partial charge is 0.478 e. The molecular weight excluding hydrogens is 288 g/mol. The molecule has 0 heterocycles. The fraction of sp³-hybridized carbons (Fsp3) is 0.650. The predicted molar refractivity (Wildman–Crippen MR) is 97.5 cm³/mol. The van der Waals surface area contributed by atoms with Crippen LogP contribution in [0.5, 0.6) is 0 Å². The van der Waals surface area contributed by atoms with Crippen molar-refractivity contribution in [2.24, 2.45) is 0 Å². The molecule has 0 bridgehead atoms. The molecule has 2 N–H and O–H groups in total. The Bertz CT molecular complexity index is 343. The lowest BCUT2D eigenvalue weighted by molar-refractivity contribution is -0.131. The number of unbranched alkanes of at least 4 members (excludes halogenated alkanes) is 11. The summed E-state index contributed by atoms with van der Waals surface area (Å²) in [7, 11) is 0. The molecule has 23 heavy (non-hydrogen) atoms. The van der Waals surface area contributed by atoms with Gasteiger partial charge in [-0.3, -0.25) is 0 Å². The summed E-state index contributed by atoms with van der Waals surface area (Å²) in [6.45, 7) is 0.341. The molecule has 3 heteroatoms. The SMILES string of the molecule is O=C(O)/C=C/C=C/C=C/CCCCCCCCCCCCCO. The lowest BCUT2D eigenvalue weighted by Gasteiger charge is -2.02. The van der Waals surface area contributed by atoms with Gasteiger partial charge in [0.25, 0.3) is 0 Å². The molecule has 132 valence electrons. The van der Waals surface area contributed by atoms with Gasteiger partial charge in [-0.25, -0.2) is 4.79 Å². The monoisotopic (exact) mass is 322 g/mol. The number of hydrogen-bond donors (Lipinski definition) is 2. The Balaban J connectivity index is 3.20. The molecule has 0 fully saturated rings. The first-order chi connectivity index (χ1) is 11.3. The minimum absolute atomic E-state index is 0.341. The van der Waals surface area contributed by atoms with Gasteiger partial charge in [0.15, 0.2) is 0 Å². The maximum Gasteiger partial charge on any atom is 0.328 e. The van der Waals surface area contributed by atoms with Crippen LogP contribution >= 0.6 is 0 Å². The van der Waals surface area contributed by atoms with Crippen LogP contribution in [0.15, 0.2) is 36.5 Å². The molecule has 3 nitrogen and oxygen atoms in total. The lowest BCUT2D eigenvalue weighted by Crippen LogP contribution is -1.84. The third-order valence-corrected chi connectivity index (χ3v) is 3.74. The fourth-order valence-electron chi connectivity index (χ4n) is 2.41. The van der Waals surface area contributed by atoms with Crippen LogP contribution in [-0.4, -0.2) is 22.8 Å². The Morgan fingerprint density at radius 1 is 0.652 bits per heavy atom. The molecule has 0 spiro atoms. The van der Waals surface area contributed by atoms with Crippen molar-refractivity contribution in [3.05, 3.63) is 36.5 Å². The Morgan fingerprint density at radius 2 is 1.13 bits per heavy atom. The molecule has 0 aliphatic heterocycles. The number of carboxylic acids is 1. The van der Waals surface area contributed by atoms with E-state index in [1.165, 1.54) is 70.3 Å². The molecule has 0 saturated heterocycles. The molecule has 0 aliphatic rings. The number of aliphatic hydroxyl groups is 1. The van der Waals surface area contributed by atoms with Crippen molar-refractivity contribution in [3.63, 3.8) is 0 Å². The molecule has 0 aliphatic carbocycles. The van der Waals surface area contributed by atoms with Gasteiger partial charge in [0.2, 0.25) is 0 Å². The average molecular weight is 322 g/mol. The first kappa shape index (κ1) is 21.6. The summed E-state index contributed by atoms with van der Waals surface area (Å²) in [4.78, 5) is 10.2. The van der Waals surface area contributed by atoms with Crippen molar-refractivity contribution < 1.29 is 15.0 Å². The smallest absolute Gasteiger partial charge is 0.328 e. The van der Waals surface area contributed by atoms with E-state index in [0.717, 1.165) is 18.9 Å². The molecule has 0 aromatic heterocycles. The molecule has 0 atom stereocenters. The Kier molecular flexibility index (Phi) is 17.6. The highest BCUT2D eigenvalue weighted by Crippen LogP contribution is 2.12. The van der Waals surface area contributed by atoms with Crippen LogP contribution < -0.4 is 0 Å². The first-order valence-electron chi connectivity index (χ1n) is 9.11. The second kappa shape index (κ2) is 18.7. The molecule has 0 aromatic rings. The van der Waals surface area contributed by atoms with Crippen LogP contribution in [0.25, 0.3) is 0 Å². The van der Waals surface area contributed by atoms with Crippen LogP contribution in [-0.2, 0) is 4.79 Å². The summed E-state index contributed by atoms with van der Waals surface area (Å²) in [5.41, 5.74) is 0. The molecule has 0 rings (SSSR count). The van der Waals surface area contributed by atoms with Gasteiger partial charge in [-0.2, -0.15) is 0 Å². The van der Waals surface area contributed by atoms with Gasteiger partial charge in [-0.1, -0.05) is 88.2 Å². The van der Waals surface area contributed by atoms with Crippen molar-refractivity contribution in [2.45, 2.75) is 77.0 Å². The normalized spacial score (nSPS) is 12.0. The molecule has 0 radical (unpaired) electrons. The van der Waals surface area contributed by atoms with E-state index in [9.17, 15) is 4.79 Å². The maximum atomic E-state index is 10.2. The van der Waals surface area contributed by atoms with Crippen LogP contribution in [0.2, 0.25) is 0 Å². The van der Waals surface area contributed by atoms with E-state index in [-0.39, 0.29) is 0 Å². The van der Waals surface area contributed by atoms with E-state index in [0.29, 0.717) is 6.61 Å². The molecule has 0 amide bonds. The third-order valence-electron chi connectivity index (χ3n) is 3.74. The number of aliphatic carboxylic acids is 1. The fourth-order valence-corrected chi connectivity index (χ4v) is 2.41. The van der Waals surface area contributed by atoms with Gasteiger partial charge >= 0.3 is 5.97 Å². The minimum atomic E-state index is -0.916. The van der Waals surface area contributed by atoms with Crippen LogP contribution in [0.3, 0.4) is 0 Å².